The summed E-state index contributed by atoms with van der Waals surface area (Å²) < 4.78 is 10.3. The molecule has 0 bridgehead atoms. The molecule has 0 radical (unpaired) electrons. The Morgan fingerprint density at radius 2 is 1.88 bits per heavy atom. The normalized spacial score (nSPS) is 16.2. The zero-order chi connectivity index (χ0) is 23.5. The summed E-state index contributed by atoms with van der Waals surface area (Å²) in [6.07, 6.45) is 14.3. The second kappa shape index (κ2) is 13.3. The number of carbonyl (C=O) groups is 1. The number of hydrogen-bond donors (Lipinski definition) is 0. The molecule has 0 saturated heterocycles. The summed E-state index contributed by atoms with van der Waals surface area (Å²) >= 11 is 0. The van der Waals surface area contributed by atoms with Crippen molar-refractivity contribution < 1.29 is 14.3 Å². The topological polar surface area (TPSA) is 61.3 Å². The van der Waals surface area contributed by atoms with Crippen LogP contribution in [0.3, 0.4) is 0 Å². The van der Waals surface area contributed by atoms with E-state index in [1.165, 1.54) is 49.8 Å². The minimum atomic E-state index is -0.654. The largest absolute Gasteiger partial charge is 0.513 e. The number of ether oxygens (including phenoxy) is 2. The number of aryl methyl sites for hydroxylation is 1. The van der Waals surface area contributed by atoms with Crippen LogP contribution in [0.5, 0.6) is 5.75 Å². The van der Waals surface area contributed by atoms with Crippen molar-refractivity contribution >= 4 is 6.16 Å². The Morgan fingerprint density at radius 3 is 2.61 bits per heavy atom. The van der Waals surface area contributed by atoms with Crippen LogP contribution in [0.4, 0.5) is 4.79 Å². The van der Waals surface area contributed by atoms with Crippen LogP contribution in [0, 0.1) is 11.8 Å². The van der Waals surface area contributed by atoms with Crippen LogP contribution in [-0.4, -0.2) is 22.7 Å². The van der Waals surface area contributed by atoms with Crippen molar-refractivity contribution in [2.24, 2.45) is 11.8 Å². The Bertz CT molecular complexity index is 866. The SMILES string of the molecule is CCCCCOC(=O)Oc1ccc(-c2ncc3c(n2)CCC(CC(CC)CCCC)C3)cc1. The van der Waals surface area contributed by atoms with Crippen molar-refractivity contribution in [2.45, 2.75) is 91.4 Å². The van der Waals surface area contributed by atoms with E-state index in [9.17, 15) is 4.79 Å². The molecule has 3 rings (SSSR count). The van der Waals surface area contributed by atoms with Crippen molar-refractivity contribution in [3.63, 3.8) is 0 Å². The number of fused-ring (bicyclic) bond motifs is 1. The predicted molar refractivity (Wildman–Crippen MR) is 132 cm³/mol. The van der Waals surface area contributed by atoms with E-state index in [1.54, 1.807) is 12.1 Å². The molecule has 2 atom stereocenters. The fourth-order valence-electron chi connectivity index (χ4n) is 4.68. The number of aromatic nitrogens is 2. The fraction of sp³-hybridized carbons (Fsp3) is 0.607. The van der Waals surface area contributed by atoms with Crippen LogP contribution in [0.25, 0.3) is 11.4 Å². The van der Waals surface area contributed by atoms with Crippen molar-refractivity contribution in [3.8, 4) is 17.1 Å². The second-order valence-corrected chi connectivity index (χ2v) is 9.36. The maximum atomic E-state index is 11.8. The lowest BCUT2D eigenvalue weighted by Gasteiger charge is -2.27. The van der Waals surface area contributed by atoms with E-state index in [1.807, 2.05) is 18.3 Å². The average Bonchev–Trinajstić information content (AvgIpc) is 2.84. The Labute approximate surface area is 199 Å². The molecule has 180 valence electrons. The van der Waals surface area contributed by atoms with Gasteiger partial charge in [0.1, 0.15) is 5.75 Å². The van der Waals surface area contributed by atoms with Crippen molar-refractivity contribution in [2.75, 3.05) is 6.61 Å². The van der Waals surface area contributed by atoms with Gasteiger partial charge in [0.25, 0.3) is 0 Å². The average molecular weight is 453 g/mol. The van der Waals surface area contributed by atoms with Gasteiger partial charge in [-0.1, -0.05) is 59.3 Å². The molecule has 33 heavy (non-hydrogen) atoms. The lowest BCUT2D eigenvalue weighted by molar-refractivity contribution is 0.0974. The highest BCUT2D eigenvalue weighted by Crippen LogP contribution is 2.32. The van der Waals surface area contributed by atoms with Crippen molar-refractivity contribution in [3.05, 3.63) is 41.7 Å². The van der Waals surface area contributed by atoms with Crippen molar-refractivity contribution in [1.82, 2.24) is 9.97 Å². The molecule has 2 aromatic rings. The molecule has 0 amide bonds. The van der Waals surface area contributed by atoms with E-state index in [-0.39, 0.29) is 0 Å². The molecule has 1 aromatic heterocycles. The molecular weight excluding hydrogens is 412 g/mol. The summed E-state index contributed by atoms with van der Waals surface area (Å²) in [5.74, 6) is 2.81. The summed E-state index contributed by atoms with van der Waals surface area (Å²) in [7, 11) is 0. The van der Waals surface area contributed by atoms with Crippen LogP contribution >= 0.6 is 0 Å². The standard InChI is InChI=1S/C28H40N2O3/c1-4-7-9-17-32-28(31)33-25-14-12-23(13-15-25)27-29-20-24-19-22(11-16-26(24)30-27)18-21(6-3)10-8-5-2/h12-15,20-22H,4-11,16-19H2,1-3H3. The van der Waals surface area contributed by atoms with E-state index >= 15 is 0 Å². The number of nitrogens with zero attached hydrogens (tertiary/aromatic N) is 2. The molecule has 0 spiro atoms. The monoisotopic (exact) mass is 452 g/mol. The van der Waals surface area contributed by atoms with Gasteiger partial charge in [-0.3, -0.25) is 0 Å². The first-order chi connectivity index (χ1) is 16.1. The van der Waals surface area contributed by atoms with Gasteiger partial charge >= 0.3 is 6.16 Å². The van der Waals surface area contributed by atoms with E-state index in [0.29, 0.717) is 12.4 Å². The lowest BCUT2D eigenvalue weighted by Crippen LogP contribution is -2.19. The third-order valence-corrected chi connectivity index (χ3v) is 6.74. The Kier molecular flexibility index (Phi) is 10.2. The fourth-order valence-corrected chi connectivity index (χ4v) is 4.68. The Balaban J connectivity index is 1.55. The van der Waals surface area contributed by atoms with E-state index in [0.717, 1.165) is 55.3 Å². The second-order valence-electron chi connectivity index (χ2n) is 9.36. The van der Waals surface area contributed by atoms with Gasteiger partial charge in [-0.05, 0) is 73.8 Å². The molecule has 0 saturated carbocycles. The van der Waals surface area contributed by atoms with E-state index < -0.39 is 6.16 Å². The molecule has 1 heterocycles. The third kappa shape index (κ3) is 7.83. The Hall–Kier alpha value is -2.43. The van der Waals surface area contributed by atoms with Gasteiger partial charge in [-0.15, -0.1) is 0 Å². The van der Waals surface area contributed by atoms with Crippen LogP contribution in [0.15, 0.2) is 30.5 Å². The zero-order valence-corrected chi connectivity index (χ0v) is 20.6. The zero-order valence-electron chi connectivity index (χ0n) is 20.6. The maximum absolute atomic E-state index is 11.8. The first-order valence-corrected chi connectivity index (χ1v) is 12.9. The first kappa shape index (κ1) is 25.2. The number of benzene rings is 1. The summed E-state index contributed by atoms with van der Waals surface area (Å²) in [6.45, 7) is 7.12. The first-order valence-electron chi connectivity index (χ1n) is 12.9. The van der Waals surface area contributed by atoms with Gasteiger partial charge < -0.3 is 9.47 Å². The number of unbranched alkanes of at least 4 members (excludes halogenated alkanes) is 3. The van der Waals surface area contributed by atoms with Gasteiger partial charge in [0.2, 0.25) is 0 Å². The smallest absolute Gasteiger partial charge is 0.434 e. The van der Waals surface area contributed by atoms with Crippen LogP contribution in [0.1, 0.15) is 89.8 Å². The van der Waals surface area contributed by atoms with E-state index in [2.05, 4.69) is 25.8 Å². The van der Waals surface area contributed by atoms with Crippen LogP contribution in [0.2, 0.25) is 0 Å². The quantitative estimate of drug-likeness (QED) is 0.189. The number of hydrogen-bond acceptors (Lipinski definition) is 5. The summed E-state index contributed by atoms with van der Waals surface area (Å²) in [6, 6.07) is 7.32. The predicted octanol–water partition coefficient (Wildman–Crippen LogP) is 7.56. The van der Waals surface area contributed by atoms with Gasteiger partial charge in [-0.25, -0.2) is 14.8 Å². The highest BCUT2D eigenvalue weighted by molar-refractivity contribution is 5.65. The van der Waals surface area contributed by atoms with Crippen LogP contribution in [-0.2, 0) is 17.6 Å². The number of rotatable bonds is 12. The highest BCUT2D eigenvalue weighted by atomic mass is 16.7. The minimum absolute atomic E-state index is 0.395. The van der Waals surface area contributed by atoms with E-state index in [4.69, 9.17) is 14.5 Å². The molecule has 1 aromatic carbocycles. The van der Waals surface area contributed by atoms with Gasteiger partial charge in [-0.2, -0.15) is 0 Å². The molecule has 0 aliphatic heterocycles. The van der Waals surface area contributed by atoms with Crippen molar-refractivity contribution in [1.29, 1.82) is 0 Å². The summed E-state index contributed by atoms with van der Waals surface area (Å²) in [4.78, 5) is 21.3. The molecular formula is C28H40N2O3. The van der Waals surface area contributed by atoms with Gasteiger partial charge in [0.15, 0.2) is 5.82 Å². The molecule has 1 aliphatic carbocycles. The van der Waals surface area contributed by atoms with Gasteiger partial charge in [0.05, 0.1) is 6.61 Å². The third-order valence-electron chi connectivity index (χ3n) is 6.74. The molecule has 1 aliphatic rings. The van der Waals surface area contributed by atoms with Crippen LogP contribution < -0.4 is 4.74 Å². The number of carbonyl (C=O) groups excluding carboxylic acids is 1. The summed E-state index contributed by atoms with van der Waals surface area (Å²) in [5.41, 5.74) is 3.43. The molecule has 5 nitrogen and oxygen atoms in total. The maximum Gasteiger partial charge on any atom is 0.513 e. The minimum Gasteiger partial charge on any atom is -0.434 e. The highest BCUT2D eigenvalue weighted by Gasteiger charge is 2.23. The lowest BCUT2D eigenvalue weighted by atomic mass is 9.79. The molecule has 0 N–H and O–H groups in total. The molecule has 2 unspecified atom stereocenters. The molecule has 5 heteroatoms. The molecule has 0 fully saturated rings. The van der Waals surface area contributed by atoms with Gasteiger partial charge in [0, 0.05) is 17.5 Å². The Morgan fingerprint density at radius 1 is 1.09 bits per heavy atom. The summed E-state index contributed by atoms with van der Waals surface area (Å²) in [5, 5.41) is 0.